The third kappa shape index (κ3) is 6.51. The first-order chi connectivity index (χ1) is 21.6. The number of rotatable bonds is 4. The van der Waals surface area contributed by atoms with Crippen LogP contribution in [-0.2, 0) is 16.8 Å². The topological polar surface area (TPSA) is 78.4 Å². The van der Waals surface area contributed by atoms with Crippen LogP contribution in [0.2, 0.25) is 0 Å². The largest absolute Gasteiger partial charge is 0.490 e. The number of aromatic nitrogens is 2. The molecule has 2 aliphatic rings. The van der Waals surface area contributed by atoms with Crippen LogP contribution in [0.4, 0.5) is 23.2 Å². The molecule has 0 saturated carbocycles. The zero-order chi connectivity index (χ0) is 31.6. The van der Waals surface area contributed by atoms with Gasteiger partial charge in [0.2, 0.25) is 0 Å². The smallest absolute Gasteiger partial charge is 0.475 e. The summed E-state index contributed by atoms with van der Waals surface area (Å²) < 4.78 is 45.6. The predicted octanol–water partition coefficient (Wildman–Crippen LogP) is 7.70. The normalized spacial score (nSPS) is 15.6. The van der Waals surface area contributed by atoms with Crippen molar-refractivity contribution < 1.29 is 27.5 Å². The first-order valence-electron chi connectivity index (χ1n) is 14.6. The predicted molar refractivity (Wildman–Crippen MR) is 165 cm³/mol. The number of benzene rings is 4. The Morgan fingerprint density at radius 2 is 1.42 bits per heavy atom. The van der Waals surface area contributed by atoms with Crippen molar-refractivity contribution in [3.05, 3.63) is 114 Å². The monoisotopic (exact) mass is 614 g/mol. The lowest BCUT2D eigenvalue weighted by Gasteiger charge is -2.39. The standard InChI is InChI=1S/C33H29FN4.C2HF3O2/c34-26-14-15-29-30(20-26)37-31(24-6-2-1-3-7-24)32(36-29)25-12-10-23(11-13-25)21-38-18-16-33(17-19-38)22-35-28-9-5-4-8-27(28)33;3-2(4,5)1(6)7/h1-15,20,35H,16-19,21-22H2;(H,6,7). The number of hydrogen-bond acceptors (Lipinski definition) is 5. The molecule has 3 heterocycles. The highest BCUT2D eigenvalue weighted by Gasteiger charge is 2.41. The number of anilines is 1. The third-order valence-corrected chi connectivity index (χ3v) is 8.48. The van der Waals surface area contributed by atoms with Crippen LogP contribution in [0, 0.1) is 5.82 Å². The number of carboxylic acids is 1. The number of carbonyl (C=O) groups is 1. The number of alkyl halides is 3. The first-order valence-corrected chi connectivity index (χ1v) is 14.6. The summed E-state index contributed by atoms with van der Waals surface area (Å²) in [6.07, 6.45) is -2.72. The van der Waals surface area contributed by atoms with E-state index in [1.54, 1.807) is 6.07 Å². The first kappa shape index (κ1) is 30.2. The number of hydrogen-bond donors (Lipinski definition) is 2. The van der Waals surface area contributed by atoms with E-state index in [1.165, 1.54) is 41.8 Å². The average molecular weight is 615 g/mol. The minimum absolute atomic E-state index is 0.280. The molecule has 0 unspecified atom stereocenters. The molecule has 0 amide bonds. The Morgan fingerprint density at radius 1 is 0.822 bits per heavy atom. The van der Waals surface area contributed by atoms with Crippen molar-refractivity contribution in [2.45, 2.75) is 31.0 Å². The Bertz CT molecular complexity index is 1820. The molecule has 7 rings (SSSR count). The van der Waals surface area contributed by atoms with Crippen molar-refractivity contribution in [2.75, 3.05) is 25.0 Å². The Hall–Kier alpha value is -4.83. The number of nitrogens with zero attached hydrogens (tertiary/aromatic N) is 3. The lowest BCUT2D eigenvalue weighted by atomic mass is 9.74. The summed E-state index contributed by atoms with van der Waals surface area (Å²) in [5, 5.41) is 10.8. The lowest BCUT2D eigenvalue weighted by molar-refractivity contribution is -0.192. The molecule has 6 nitrogen and oxygen atoms in total. The van der Waals surface area contributed by atoms with Crippen molar-refractivity contribution in [3.63, 3.8) is 0 Å². The minimum atomic E-state index is -5.08. The zero-order valence-electron chi connectivity index (χ0n) is 24.2. The van der Waals surface area contributed by atoms with E-state index in [1.807, 2.05) is 30.3 Å². The lowest BCUT2D eigenvalue weighted by Crippen LogP contribution is -2.43. The molecule has 45 heavy (non-hydrogen) atoms. The molecule has 5 aromatic rings. The average Bonchev–Trinajstić information content (AvgIpc) is 3.40. The van der Waals surface area contributed by atoms with Crippen LogP contribution in [0.25, 0.3) is 33.5 Å². The summed E-state index contributed by atoms with van der Waals surface area (Å²) in [7, 11) is 0. The van der Waals surface area contributed by atoms with Crippen LogP contribution in [-0.4, -0.2) is 51.8 Å². The molecule has 0 atom stereocenters. The second kappa shape index (κ2) is 12.3. The number of para-hydroxylation sites is 1. The third-order valence-electron chi connectivity index (χ3n) is 8.48. The van der Waals surface area contributed by atoms with E-state index in [9.17, 15) is 17.6 Å². The van der Waals surface area contributed by atoms with Gasteiger partial charge < -0.3 is 10.4 Å². The van der Waals surface area contributed by atoms with Crippen LogP contribution < -0.4 is 5.32 Å². The van der Waals surface area contributed by atoms with Crippen LogP contribution in [0.5, 0.6) is 0 Å². The molecule has 1 saturated heterocycles. The van der Waals surface area contributed by atoms with Gasteiger partial charge in [-0.3, -0.25) is 4.90 Å². The fourth-order valence-electron chi connectivity index (χ4n) is 6.10. The van der Waals surface area contributed by atoms with Crippen molar-refractivity contribution in [1.29, 1.82) is 0 Å². The second-order valence-electron chi connectivity index (χ2n) is 11.4. The second-order valence-corrected chi connectivity index (χ2v) is 11.4. The van der Waals surface area contributed by atoms with Gasteiger partial charge in [0.25, 0.3) is 0 Å². The van der Waals surface area contributed by atoms with Crippen LogP contribution in [0.3, 0.4) is 0 Å². The fraction of sp³-hybridized carbons (Fsp3) is 0.229. The fourth-order valence-corrected chi connectivity index (χ4v) is 6.10. The summed E-state index contributed by atoms with van der Waals surface area (Å²) in [6.45, 7) is 4.20. The molecule has 0 bridgehead atoms. The number of fused-ring (bicyclic) bond motifs is 3. The molecule has 4 aromatic carbocycles. The summed E-state index contributed by atoms with van der Waals surface area (Å²) in [4.78, 5) is 21.2. The van der Waals surface area contributed by atoms with Gasteiger partial charge in [0.05, 0.1) is 22.4 Å². The van der Waals surface area contributed by atoms with E-state index < -0.39 is 12.1 Å². The van der Waals surface area contributed by atoms with E-state index in [2.05, 4.69) is 58.7 Å². The number of aliphatic carboxylic acids is 1. The number of carboxylic acid groups (broad SMARTS) is 1. The van der Waals surface area contributed by atoms with Gasteiger partial charge in [-0.25, -0.2) is 19.2 Å². The zero-order valence-corrected chi connectivity index (χ0v) is 24.2. The highest BCUT2D eigenvalue weighted by Crippen LogP contribution is 2.44. The van der Waals surface area contributed by atoms with E-state index >= 15 is 0 Å². The number of likely N-dealkylation sites (tertiary alicyclic amines) is 1. The Kier molecular flexibility index (Phi) is 8.24. The highest BCUT2D eigenvalue weighted by atomic mass is 19.4. The summed E-state index contributed by atoms with van der Waals surface area (Å²) in [6, 6.07) is 32.1. The molecule has 2 aliphatic heterocycles. The Balaban J connectivity index is 0.000000460. The van der Waals surface area contributed by atoms with Gasteiger partial charge in [-0.15, -0.1) is 0 Å². The SMILES string of the molecule is Fc1ccc2nc(-c3ccc(CN4CCC5(CC4)CNc4ccccc45)cc3)c(-c3ccccc3)nc2c1.O=C(O)C(F)(F)F. The van der Waals surface area contributed by atoms with Gasteiger partial charge in [0.1, 0.15) is 5.82 Å². The molecule has 10 heteroatoms. The van der Waals surface area contributed by atoms with E-state index in [0.29, 0.717) is 11.0 Å². The summed E-state index contributed by atoms with van der Waals surface area (Å²) in [5.41, 5.74) is 9.20. The summed E-state index contributed by atoms with van der Waals surface area (Å²) in [5.74, 6) is -3.06. The molecule has 0 aliphatic carbocycles. The Morgan fingerprint density at radius 3 is 2.09 bits per heavy atom. The quantitative estimate of drug-likeness (QED) is 0.202. The molecule has 2 N–H and O–H groups in total. The van der Waals surface area contributed by atoms with Gasteiger partial charge in [-0.2, -0.15) is 13.2 Å². The number of halogens is 4. The van der Waals surface area contributed by atoms with Crippen molar-refractivity contribution in [2.24, 2.45) is 0 Å². The molecule has 1 fully saturated rings. The molecule has 1 aromatic heterocycles. The molecule has 230 valence electrons. The minimum Gasteiger partial charge on any atom is -0.475 e. The van der Waals surface area contributed by atoms with E-state index in [0.717, 1.165) is 48.7 Å². The van der Waals surface area contributed by atoms with Crippen molar-refractivity contribution in [3.8, 4) is 22.5 Å². The maximum absolute atomic E-state index is 13.9. The van der Waals surface area contributed by atoms with Crippen LogP contribution in [0.15, 0.2) is 97.1 Å². The van der Waals surface area contributed by atoms with Gasteiger partial charge in [0, 0.05) is 41.4 Å². The molecular formula is C35H30F4N4O2. The molecular weight excluding hydrogens is 584 g/mol. The molecule has 1 spiro atoms. The van der Waals surface area contributed by atoms with Crippen molar-refractivity contribution in [1.82, 2.24) is 14.9 Å². The number of piperidine rings is 1. The van der Waals surface area contributed by atoms with E-state index in [4.69, 9.17) is 19.9 Å². The maximum atomic E-state index is 13.9. The van der Waals surface area contributed by atoms with Gasteiger partial charge >= 0.3 is 12.1 Å². The van der Waals surface area contributed by atoms with Gasteiger partial charge in [-0.05, 0) is 55.3 Å². The molecule has 0 radical (unpaired) electrons. The number of nitrogens with one attached hydrogen (secondary N) is 1. The highest BCUT2D eigenvalue weighted by molar-refractivity contribution is 5.86. The van der Waals surface area contributed by atoms with E-state index in [-0.39, 0.29) is 11.2 Å². The summed E-state index contributed by atoms with van der Waals surface area (Å²) >= 11 is 0. The maximum Gasteiger partial charge on any atom is 0.490 e. The van der Waals surface area contributed by atoms with Crippen LogP contribution in [0.1, 0.15) is 24.0 Å². The van der Waals surface area contributed by atoms with Gasteiger partial charge in [-0.1, -0.05) is 72.8 Å². The van der Waals surface area contributed by atoms with Gasteiger partial charge in [0.15, 0.2) is 0 Å². The van der Waals surface area contributed by atoms with Crippen molar-refractivity contribution >= 4 is 22.7 Å². The Labute approximate surface area is 257 Å². The van der Waals surface area contributed by atoms with Crippen LogP contribution >= 0.6 is 0 Å².